The highest BCUT2D eigenvalue weighted by molar-refractivity contribution is 7.11. The van der Waals surface area contributed by atoms with E-state index < -0.39 is 0 Å². The Labute approximate surface area is 126 Å². The van der Waals surface area contributed by atoms with Crippen molar-refractivity contribution in [2.75, 3.05) is 5.32 Å². The van der Waals surface area contributed by atoms with Crippen LogP contribution < -0.4 is 5.32 Å². The quantitative estimate of drug-likeness (QED) is 0.874. The van der Waals surface area contributed by atoms with Gasteiger partial charge >= 0.3 is 0 Å². The van der Waals surface area contributed by atoms with E-state index in [9.17, 15) is 0 Å². The van der Waals surface area contributed by atoms with Gasteiger partial charge in [-0.1, -0.05) is 38.4 Å². The second kappa shape index (κ2) is 5.49. The van der Waals surface area contributed by atoms with Crippen LogP contribution in [0.1, 0.15) is 37.3 Å². The largest absolute Gasteiger partial charge is 0.366 e. The molecule has 1 N–H and O–H groups in total. The van der Waals surface area contributed by atoms with Gasteiger partial charge in [-0.15, -0.1) is 11.3 Å². The van der Waals surface area contributed by atoms with Crippen LogP contribution in [0.25, 0.3) is 0 Å². The van der Waals surface area contributed by atoms with Crippen molar-refractivity contribution in [3.8, 4) is 6.07 Å². The summed E-state index contributed by atoms with van der Waals surface area (Å²) >= 11 is 8.84. The van der Waals surface area contributed by atoms with Gasteiger partial charge in [0.15, 0.2) is 5.15 Å². The summed E-state index contributed by atoms with van der Waals surface area (Å²) in [4.78, 5) is 1.24. The van der Waals surface area contributed by atoms with Gasteiger partial charge in [0, 0.05) is 4.88 Å². The minimum Gasteiger partial charge on any atom is -0.366 e. The average molecular weight is 312 g/mol. The zero-order valence-electron chi connectivity index (χ0n) is 10.9. The molecular weight excluding hydrogens is 298 g/mol. The lowest BCUT2D eigenvalue weighted by molar-refractivity contribution is 0.352. The van der Waals surface area contributed by atoms with Crippen molar-refractivity contribution < 1.29 is 0 Å². The van der Waals surface area contributed by atoms with Crippen LogP contribution in [-0.4, -0.2) is 4.37 Å². The van der Waals surface area contributed by atoms with Crippen molar-refractivity contribution >= 4 is 39.5 Å². The number of halogens is 1. The van der Waals surface area contributed by atoms with E-state index in [2.05, 4.69) is 48.0 Å². The van der Waals surface area contributed by atoms with E-state index in [1.54, 1.807) is 11.3 Å². The molecule has 0 spiro atoms. The van der Waals surface area contributed by atoms with Gasteiger partial charge in [-0.05, 0) is 28.4 Å². The molecule has 2 rings (SSSR count). The fraction of sp³-hybridized carbons (Fsp3) is 0.385. The Morgan fingerprint density at radius 2 is 2.21 bits per heavy atom. The van der Waals surface area contributed by atoms with Crippen molar-refractivity contribution in [2.45, 2.75) is 26.8 Å². The maximum absolute atomic E-state index is 9.13. The molecule has 2 aromatic rings. The van der Waals surface area contributed by atoms with Gasteiger partial charge < -0.3 is 5.32 Å². The first-order valence-corrected chi connectivity index (χ1v) is 7.82. The predicted molar refractivity (Wildman–Crippen MR) is 82.0 cm³/mol. The van der Waals surface area contributed by atoms with Crippen LogP contribution >= 0.6 is 34.5 Å². The lowest BCUT2D eigenvalue weighted by atomic mass is 9.86. The number of nitrogens with zero attached hydrogens (tertiary/aromatic N) is 2. The second-order valence-electron chi connectivity index (χ2n) is 5.25. The monoisotopic (exact) mass is 311 g/mol. The minimum atomic E-state index is 0.0219. The molecule has 6 heteroatoms. The van der Waals surface area contributed by atoms with Gasteiger partial charge in [-0.3, -0.25) is 0 Å². The third kappa shape index (κ3) is 3.08. The average Bonchev–Trinajstić information content (AvgIpc) is 2.93. The van der Waals surface area contributed by atoms with Crippen LogP contribution in [-0.2, 0) is 0 Å². The third-order valence-electron chi connectivity index (χ3n) is 2.73. The van der Waals surface area contributed by atoms with Crippen LogP contribution in [0.3, 0.4) is 0 Å². The summed E-state index contributed by atoms with van der Waals surface area (Å²) in [7, 11) is 0. The number of thiophene rings is 1. The molecule has 0 fully saturated rings. The highest BCUT2D eigenvalue weighted by atomic mass is 35.5. The van der Waals surface area contributed by atoms with E-state index in [-0.39, 0.29) is 16.6 Å². The molecule has 19 heavy (non-hydrogen) atoms. The Kier molecular flexibility index (Phi) is 4.14. The standard InChI is InChI=1S/C13H14ClN3S2/c1-13(2,3)10(9-5-4-6-18-9)16-12-8(7-15)11(14)17-19-12/h4-6,10,16H,1-3H3. The fourth-order valence-corrected chi connectivity index (χ4v) is 3.75. The molecule has 0 aliphatic carbocycles. The highest BCUT2D eigenvalue weighted by Crippen LogP contribution is 2.40. The van der Waals surface area contributed by atoms with Crippen molar-refractivity contribution in [1.29, 1.82) is 5.26 Å². The van der Waals surface area contributed by atoms with Gasteiger partial charge in [0.05, 0.1) is 6.04 Å². The molecule has 0 radical (unpaired) electrons. The molecule has 0 bridgehead atoms. The molecule has 0 aromatic carbocycles. The molecule has 0 aliphatic heterocycles. The Bertz CT molecular complexity index is 590. The number of aromatic nitrogens is 1. The lowest BCUT2D eigenvalue weighted by Gasteiger charge is -2.31. The van der Waals surface area contributed by atoms with Gasteiger partial charge in [0.25, 0.3) is 0 Å². The molecular formula is C13H14ClN3S2. The number of hydrogen-bond acceptors (Lipinski definition) is 5. The van der Waals surface area contributed by atoms with Crippen molar-refractivity contribution in [3.63, 3.8) is 0 Å². The molecule has 1 atom stereocenters. The highest BCUT2D eigenvalue weighted by Gasteiger charge is 2.28. The summed E-state index contributed by atoms with van der Waals surface area (Å²) in [6.45, 7) is 6.50. The fourth-order valence-electron chi connectivity index (χ4n) is 1.77. The molecule has 2 heterocycles. The number of nitriles is 1. The molecule has 2 aromatic heterocycles. The summed E-state index contributed by atoms with van der Waals surface area (Å²) in [6, 6.07) is 6.36. The van der Waals surface area contributed by atoms with Crippen molar-refractivity contribution in [3.05, 3.63) is 33.1 Å². The SMILES string of the molecule is CC(C)(C)C(Nc1snc(Cl)c1C#N)c1cccs1. The normalized spacial score (nSPS) is 13.0. The summed E-state index contributed by atoms with van der Waals surface area (Å²) in [5, 5.41) is 15.6. The minimum absolute atomic E-state index is 0.0219. The van der Waals surface area contributed by atoms with E-state index >= 15 is 0 Å². The lowest BCUT2D eigenvalue weighted by Crippen LogP contribution is -2.24. The first-order chi connectivity index (χ1) is 8.93. The maximum Gasteiger partial charge on any atom is 0.162 e. The Morgan fingerprint density at radius 3 is 2.74 bits per heavy atom. The predicted octanol–water partition coefficient (Wildman–Crippen LogP) is 4.93. The summed E-state index contributed by atoms with van der Waals surface area (Å²) in [5.41, 5.74) is 0.450. The maximum atomic E-state index is 9.13. The number of hydrogen-bond donors (Lipinski definition) is 1. The van der Waals surface area contributed by atoms with Crippen LogP contribution in [0.5, 0.6) is 0 Å². The van der Waals surface area contributed by atoms with Gasteiger partial charge in [-0.25, -0.2) is 0 Å². The Balaban J connectivity index is 2.35. The molecule has 0 saturated carbocycles. The molecule has 0 aliphatic rings. The molecule has 3 nitrogen and oxygen atoms in total. The van der Waals surface area contributed by atoms with Crippen LogP contribution in [0.15, 0.2) is 17.5 Å². The molecule has 100 valence electrons. The topological polar surface area (TPSA) is 48.7 Å². The van der Waals surface area contributed by atoms with E-state index in [1.807, 2.05) is 6.07 Å². The third-order valence-corrected chi connectivity index (χ3v) is 4.82. The van der Waals surface area contributed by atoms with Gasteiger partial charge in [-0.2, -0.15) is 9.64 Å². The van der Waals surface area contributed by atoms with Crippen LogP contribution in [0.4, 0.5) is 5.00 Å². The van der Waals surface area contributed by atoms with E-state index in [0.717, 1.165) is 5.00 Å². The summed E-state index contributed by atoms with van der Waals surface area (Å²) in [6.07, 6.45) is 0. The first-order valence-electron chi connectivity index (χ1n) is 5.78. The first kappa shape index (κ1) is 14.3. The zero-order chi connectivity index (χ0) is 14.0. The molecule has 0 saturated heterocycles. The molecule has 1 unspecified atom stereocenters. The number of nitrogens with one attached hydrogen (secondary N) is 1. The smallest absolute Gasteiger partial charge is 0.162 e. The van der Waals surface area contributed by atoms with Crippen LogP contribution in [0.2, 0.25) is 5.15 Å². The van der Waals surface area contributed by atoms with E-state index in [1.165, 1.54) is 16.4 Å². The Morgan fingerprint density at radius 1 is 1.47 bits per heavy atom. The second-order valence-corrected chi connectivity index (χ2v) is 7.36. The van der Waals surface area contributed by atoms with Gasteiger partial charge in [0.2, 0.25) is 0 Å². The van der Waals surface area contributed by atoms with Crippen molar-refractivity contribution in [1.82, 2.24) is 4.37 Å². The van der Waals surface area contributed by atoms with Crippen molar-refractivity contribution in [2.24, 2.45) is 5.41 Å². The van der Waals surface area contributed by atoms with Crippen LogP contribution in [0, 0.1) is 16.7 Å². The summed E-state index contributed by atoms with van der Waals surface area (Å²) < 4.78 is 4.03. The van der Waals surface area contributed by atoms with Gasteiger partial charge in [0.1, 0.15) is 16.6 Å². The summed E-state index contributed by atoms with van der Waals surface area (Å²) in [5.74, 6) is 0. The Hall–Kier alpha value is -1.09. The number of rotatable bonds is 3. The zero-order valence-corrected chi connectivity index (χ0v) is 13.3. The van der Waals surface area contributed by atoms with E-state index in [0.29, 0.717) is 5.56 Å². The van der Waals surface area contributed by atoms with E-state index in [4.69, 9.17) is 16.9 Å². The number of anilines is 1. The molecule has 0 amide bonds.